The SMILES string of the molecule is CC(C)C[C@H](NC(=O)[C@H](CCC(=O)O)NC(=O)[C@H](CC(C)C)NC(=O)[C@H](CCC(=O)O)NC(=O)[C@H](CC(C)C)NC(=O)[C@H](CCC(=O)O)NC(=O)[C@H](CC(C)C)NC(=O)[C@H](CCC(=O)O)NC(=O)[C@H](CC(C)C)NC(=O)[C@H](CCC(=O)O)NC(=O)[C@@H](N)Cc1cnc[nH]1)C(=O)O. The van der Waals surface area contributed by atoms with Crippen molar-refractivity contribution in [3.63, 3.8) is 0 Å². The van der Waals surface area contributed by atoms with Gasteiger partial charge in [-0.25, -0.2) is 9.78 Å². The van der Waals surface area contributed by atoms with E-state index in [1.165, 1.54) is 12.5 Å². The van der Waals surface area contributed by atoms with Crippen molar-refractivity contribution in [1.29, 1.82) is 0 Å². The summed E-state index contributed by atoms with van der Waals surface area (Å²) < 4.78 is 0. The van der Waals surface area contributed by atoms with Crippen LogP contribution in [0.2, 0.25) is 0 Å². The van der Waals surface area contributed by atoms with Gasteiger partial charge in [0, 0.05) is 50.4 Å². The number of imidazole rings is 1. The summed E-state index contributed by atoms with van der Waals surface area (Å²) in [6, 6.07) is -17.4. The number of carboxylic acids is 6. The molecule has 1 rings (SSSR count). The molecule has 0 aliphatic heterocycles. The Hall–Kier alpha value is -9.31. The van der Waals surface area contributed by atoms with Crippen LogP contribution in [0.1, 0.15) is 171 Å². The molecule has 0 unspecified atom stereocenters. The van der Waals surface area contributed by atoms with Crippen LogP contribution in [-0.2, 0) is 83.1 Å². The summed E-state index contributed by atoms with van der Waals surface area (Å²) in [6.07, 6.45) is -4.30. The molecule has 0 radical (unpaired) electrons. The summed E-state index contributed by atoms with van der Waals surface area (Å²) in [7, 11) is 0. The fourth-order valence-corrected chi connectivity index (χ4v) is 9.64. The van der Waals surface area contributed by atoms with Crippen LogP contribution in [-0.4, -0.2) is 202 Å². The quantitative estimate of drug-likeness (QED) is 0.0363. The first kappa shape index (κ1) is 84.7. The van der Waals surface area contributed by atoms with Gasteiger partial charge >= 0.3 is 35.8 Å². The van der Waals surface area contributed by atoms with Gasteiger partial charge in [0.2, 0.25) is 59.1 Å². The lowest BCUT2D eigenvalue weighted by Crippen LogP contribution is -2.61. The lowest BCUT2D eigenvalue weighted by molar-refractivity contribution is -0.143. The van der Waals surface area contributed by atoms with Crippen LogP contribution < -0.4 is 58.9 Å². The van der Waals surface area contributed by atoms with Crippen LogP contribution in [0.5, 0.6) is 0 Å². The highest BCUT2D eigenvalue weighted by molar-refractivity contribution is 5.99. The van der Waals surface area contributed by atoms with Crippen LogP contribution in [0.15, 0.2) is 12.5 Å². The zero-order valence-electron chi connectivity index (χ0n) is 55.9. The minimum Gasteiger partial charge on any atom is -0.481 e. The van der Waals surface area contributed by atoms with Crippen LogP contribution in [0, 0.1) is 29.6 Å². The van der Waals surface area contributed by atoms with Crippen molar-refractivity contribution in [3.05, 3.63) is 18.2 Å². The number of hydrogen-bond acceptors (Lipinski definition) is 18. The average Bonchev–Trinajstić information content (AvgIpc) is 1.15. The zero-order valence-corrected chi connectivity index (χ0v) is 55.9. The molecule has 0 aliphatic rings. The first-order valence-electron chi connectivity index (χ1n) is 31.8. The lowest BCUT2D eigenvalue weighted by Gasteiger charge is -2.29. The third-order valence-corrected chi connectivity index (χ3v) is 14.4. The molecule has 0 fully saturated rings. The molecule has 35 nitrogen and oxygen atoms in total. The van der Waals surface area contributed by atoms with Crippen molar-refractivity contribution >= 4 is 94.9 Å². The molecule has 0 saturated carbocycles. The molecule has 540 valence electrons. The predicted molar refractivity (Wildman–Crippen MR) is 339 cm³/mol. The van der Waals surface area contributed by atoms with Crippen molar-refractivity contribution in [1.82, 2.24) is 63.1 Å². The normalized spacial score (nSPS) is 14.8. The molecule has 11 atom stereocenters. The topological polar surface area (TPSA) is 569 Å². The molecule has 0 aliphatic carbocycles. The second-order valence-corrected chi connectivity index (χ2v) is 25.6. The smallest absolute Gasteiger partial charge is 0.326 e. The van der Waals surface area contributed by atoms with Gasteiger partial charge in [-0.2, -0.15) is 0 Å². The number of carbonyl (C=O) groups is 16. The number of amides is 10. The van der Waals surface area contributed by atoms with Crippen molar-refractivity contribution in [2.45, 2.75) is 238 Å². The van der Waals surface area contributed by atoms with Gasteiger partial charge in [-0.1, -0.05) is 69.2 Å². The van der Waals surface area contributed by atoms with E-state index in [1.807, 2.05) is 0 Å². The number of carbonyl (C=O) groups excluding carboxylic acids is 10. The van der Waals surface area contributed by atoms with Crippen LogP contribution in [0.25, 0.3) is 0 Å². The predicted octanol–water partition coefficient (Wildman–Crippen LogP) is -1.23. The van der Waals surface area contributed by atoms with Crippen LogP contribution in [0.4, 0.5) is 0 Å². The van der Waals surface area contributed by atoms with Gasteiger partial charge in [0.15, 0.2) is 0 Å². The maximum absolute atomic E-state index is 14.4. The fraction of sp³-hybridized carbons (Fsp3) is 0.689. The summed E-state index contributed by atoms with van der Waals surface area (Å²) in [5, 5.41) is 81.9. The Labute approximate surface area is 555 Å². The van der Waals surface area contributed by atoms with Crippen molar-refractivity contribution in [2.24, 2.45) is 35.3 Å². The molecule has 0 bridgehead atoms. The Bertz CT molecular complexity index is 2830. The zero-order chi connectivity index (χ0) is 73.3. The van der Waals surface area contributed by atoms with Crippen molar-refractivity contribution in [3.8, 4) is 0 Å². The second kappa shape index (κ2) is 42.9. The van der Waals surface area contributed by atoms with E-state index < -0.39 is 237 Å². The second-order valence-electron chi connectivity index (χ2n) is 25.6. The number of carboxylic acid groups (broad SMARTS) is 6. The highest BCUT2D eigenvalue weighted by Crippen LogP contribution is 2.16. The highest BCUT2D eigenvalue weighted by atomic mass is 16.4. The van der Waals surface area contributed by atoms with E-state index in [9.17, 15) is 107 Å². The molecule has 1 heterocycles. The monoisotopic (exact) mass is 1370 g/mol. The Morgan fingerprint density at radius 3 is 0.729 bits per heavy atom. The summed E-state index contributed by atoms with van der Waals surface area (Å²) in [5.74, 6) is -20.8. The molecule has 96 heavy (non-hydrogen) atoms. The molecular formula is C61H99N13O22. The van der Waals surface area contributed by atoms with Gasteiger partial charge < -0.3 is 94.5 Å². The lowest BCUT2D eigenvalue weighted by atomic mass is 9.99. The highest BCUT2D eigenvalue weighted by Gasteiger charge is 2.38. The van der Waals surface area contributed by atoms with E-state index in [1.54, 1.807) is 69.2 Å². The largest absolute Gasteiger partial charge is 0.481 e. The van der Waals surface area contributed by atoms with E-state index in [0.717, 1.165) is 0 Å². The number of rotatable bonds is 48. The number of aromatic nitrogens is 2. The standard InChI is InChI=1S/C61H99N13O22/c1-29(2)21-41(70-52(86)36(11-16-46(75)76)65-51(85)35(62)26-34-27-63-28-64-34)57(91)66-37(12-17-47(77)78)53(87)71-42(22-30(3)4)58(92)67-38(13-18-48(79)80)54(88)72-43(23-31(5)6)59(93)68-39(14-19-49(81)82)55(89)73-44(24-32(7)8)60(94)69-40(15-20-50(83)84)56(90)74-45(61(95)96)25-33(9)10/h27-33,35-45H,11-26,62H2,1-10H3,(H,63,64)(H,65,85)(H,66,91)(H,67,92)(H,68,93)(H,69,94)(H,70,86)(H,71,87)(H,72,88)(H,73,89)(H,74,90)(H,75,76)(H,77,78)(H,79,80)(H,81,82)(H,83,84)(H,95,96)/t35-,36-,37-,38-,39-,40-,41-,42-,43-,44-,45-/m0/s1. The summed E-state index contributed by atoms with van der Waals surface area (Å²) >= 11 is 0. The Morgan fingerprint density at radius 2 is 0.531 bits per heavy atom. The van der Waals surface area contributed by atoms with E-state index in [-0.39, 0.29) is 56.3 Å². The van der Waals surface area contributed by atoms with Crippen molar-refractivity contribution in [2.75, 3.05) is 0 Å². The van der Waals surface area contributed by atoms with Crippen LogP contribution in [0.3, 0.4) is 0 Å². The Morgan fingerprint density at radius 1 is 0.333 bits per heavy atom. The molecule has 35 heteroatoms. The molecule has 0 aromatic carbocycles. The molecule has 19 N–H and O–H groups in total. The van der Waals surface area contributed by atoms with Gasteiger partial charge in [0.05, 0.1) is 12.4 Å². The van der Waals surface area contributed by atoms with Crippen LogP contribution >= 0.6 is 0 Å². The van der Waals surface area contributed by atoms with Gasteiger partial charge in [-0.3, -0.25) is 71.9 Å². The van der Waals surface area contributed by atoms with Gasteiger partial charge in [0.1, 0.15) is 60.4 Å². The summed E-state index contributed by atoms with van der Waals surface area (Å²) in [4.78, 5) is 218. The third kappa shape index (κ3) is 34.7. The fourth-order valence-electron chi connectivity index (χ4n) is 9.64. The van der Waals surface area contributed by atoms with E-state index in [2.05, 4.69) is 63.1 Å². The summed E-state index contributed by atoms with van der Waals surface area (Å²) in [5.41, 5.74) is 6.53. The Kier molecular flexibility index (Phi) is 37.9. The van der Waals surface area contributed by atoms with Gasteiger partial charge in [-0.15, -0.1) is 0 Å². The summed E-state index contributed by atoms with van der Waals surface area (Å²) in [6.45, 7) is 16.6. The molecule has 10 amide bonds. The van der Waals surface area contributed by atoms with Crippen molar-refractivity contribution < 1.29 is 107 Å². The first-order valence-corrected chi connectivity index (χ1v) is 31.8. The number of nitrogens with one attached hydrogen (secondary N) is 11. The average molecular weight is 1370 g/mol. The molecule has 0 spiro atoms. The maximum Gasteiger partial charge on any atom is 0.326 e. The first-order chi connectivity index (χ1) is 44.7. The maximum atomic E-state index is 14.4. The van der Waals surface area contributed by atoms with Gasteiger partial charge in [-0.05, 0) is 93.8 Å². The minimum absolute atomic E-state index is 0.0262. The number of nitrogens with zero attached hydrogens (tertiary/aromatic N) is 1. The minimum atomic E-state index is -1.80. The number of aromatic amines is 1. The number of H-pyrrole nitrogens is 1. The van der Waals surface area contributed by atoms with E-state index in [0.29, 0.717) is 5.69 Å². The molecule has 0 saturated heterocycles. The van der Waals surface area contributed by atoms with E-state index >= 15 is 0 Å². The number of nitrogens with two attached hydrogens (primary N) is 1. The van der Waals surface area contributed by atoms with Gasteiger partial charge in [0.25, 0.3) is 0 Å². The van der Waals surface area contributed by atoms with E-state index in [4.69, 9.17) is 5.73 Å². The molecular weight excluding hydrogens is 1270 g/mol. The molecule has 1 aromatic heterocycles. The number of hydrogen-bond donors (Lipinski definition) is 18. The Balaban J connectivity index is 3.66. The molecule has 1 aromatic rings. The number of aliphatic carboxylic acids is 6. The third-order valence-electron chi connectivity index (χ3n) is 14.4.